The summed E-state index contributed by atoms with van der Waals surface area (Å²) in [5.41, 5.74) is 6.89. The molecule has 0 saturated heterocycles. The SMILES string of the molecule is CC[C@H](Cc1ccccc1)C(OCC(C)C)C(C)OC(=O)[C@H](C)N. The van der Waals surface area contributed by atoms with Crippen LogP contribution < -0.4 is 5.73 Å². The van der Waals surface area contributed by atoms with Gasteiger partial charge in [-0.1, -0.05) is 57.5 Å². The fraction of sp³-hybridized carbons (Fsp3) is 0.650. The van der Waals surface area contributed by atoms with E-state index in [1.807, 2.05) is 25.1 Å². The number of rotatable bonds is 10. The monoisotopic (exact) mass is 335 g/mol. The Labute approximate surface area is 146 Å². The number of carbonyl (C=O) groups is 1. The maximum atomic E-state index is 11.9. The van der Waals surface area contributed by atoms with Gasteiger partial charge >= 0.3 is 5.97 Å². The minimum Gasteiger partial charge on any atom is -0.459 e. The van der Waals surface area contributed by atoms with Crippen molar-refractivity contribution in [2.45, 2.75) is 65.7 Å². The molecule has 0 radical (unpaired) electrons. The highest BCUT2D eigenvalue weighted by atomic mass is 16.6. The quantitative estimate of drug-likeness (QED) is 0.664. The molecule has 0 aliphatic rings. The van der Waals surface area contributed by atoms with Crippen molar-refractivity contribution < 1.29 is 14.3 Å². The molecule has 1 aromatic rings. The van der Waals surface area contributed by atoms with Crippen LogP contribution in [0.15, 0.2) is 30.3 Å². The number of carbonyl (C=O) groups excluding carboxylic acids is 1. The lowest BCUT2D eigenvalue weighted by molar-refractivity contribution is -0.161. The Kier molecular flexibility index (Phi) is 9.01. The first-order valence-corrected chi connectivity index (χ1v) is 8.96. The highest BCUT2D eigenvalue weighted by Gasteiger charge is 2.30. The van der Waals surface area contributed by atoms with E-state index in [4.69, 9.17) is 15.2 Å². The summed E-state index contributed by atoms with van der Waals surface area (Å²) in [5, 5.41) is 0. The minimum atomic E-state index is -0.618. The van der Waals surface area contributed by atoms with Gasteiger partial charge < -0.3 is 15.2 Å². The summed E-state index contributed by atoms with van der Waals surface area (Å²) in [7, 11) is 0. The topological polar surface area (TPSA) is 61.5 Å². The third kappa shape index (κ3) is 7.02. The predicted octanol–water partition coefficient (Wildman–Crippen LogP) is 3.58. The van der Waals surface area contributed by atoms with Crippen molar-refractivity contribution in [2.24, 2.45) is 17.6 Å². The normalized spacial score (nSPS) is 16.5. The van der Waals surface area contributed by atoms with Crippen LogP contribution in [0.2, 0.25) is 0 Å². The van der Waals surface area contributed by atoms with E-state index in [2.05, 4.69) is 32.9 Å². The molecular formula is C20H33NO3. The van der Waals surface area contributed by atoms with Gasteiger partial charge in [0.15, 0.2) is 0 Å². The zero-order valence-electron chi connectivity index (χ0n) is 15.7. The predicted molar refractivity (Wildman–Crippen MR) is 97.7 cm³/mol. The molecule has 0 saturated carbocycles. The molecule has 136 valence electrons. The first-order valence-electron chi connectivity index (χ1n) is 8.96. The fourth-order valence-electron chi connectivity index (χ4n) is 2.73. The van der Waals surface area contributed by atoms with Gasteiger partial charge in [0.25, 0.3) is 0 Å². The average molecular weight is 335 g/mol. The van der Waals surface area contributed by atoms with Crippen molar-refractivity contribution in [1.29, 1.82) is 0 Å². The number of nitrogens with two attached hydrogens (primary N) is 1. The van der Waals surface area contributed by atoms with Gasteiger partial charge in [0.1, 0.15) is 12.1 Å². The number of ether oxygens (including phenoxy) is 2. The maximum absolute atomic E-state index is 11.9. The van der Waals surface area contributed by atoms with E-state index >= 15 is 0 Å². The standard InChI is InChI=1S/C20H33NO3/c1-6-18(12-17-10-8-7-9-11-17)19(23-13-14(2)3)16(5)24-20(22)15(4)21/h7-11,14-16,18-19H,6,12-13,21H2,1-5H3/t15-,16?,18+,19?/m0/s1. The van der Waals surface area contributed by atoms with E-state index in [0.29, 0.717) is 12.5 Å². The molecule has 4 atom stereocenters. The molecule has 2 unspecified atom stereocenters. The first-order chi connectivity index (χ1) is 11.3. The Hall–Kier alpha value is -1.39. The minimum absolute atomic E-state index is 0.139. The number of hydrogen-bond acceptors (Lipinski definition) is 4. The summed E-state index contributed by atoms with van der Waals surface area (Å²) in [6, 6.07) is 9.75. The van der Waals surface area contributed by atoms with E-state index in [1.165, 1.54) is 5.56 Å². The summed E-state index contributed by atoms with van der Waals surface area (Å²) in [5.74, 6) is 0.329. The van der Waals surface area contributed by atoms with E-state index < -0.39 is 6.04 Å². The van der Waals surface area contributed by atoms with E-state index in [9.17, 15) is 4.79 Å². The van der Waals surface area contributed by atoms with Crippen LogP contribution in [0.3, 0.4) is 0 Å². The molecule has 0 amide bonds. The van der Waals surface area contributed by atoms with E-state index in [0.717, 1.165) is 12.8 Å². The molecule has 0 spiro atoms. The van der Waals surface area contributed by atoms with Crippen LogP contribution in [-0.2, 0) is 20.7 Å². The van der Waals surface area contributed by atoms with E-state index in [1.54, 1.807) is 6.92 Å². The van der Waals surface area contributed by atoms with Crippen molar-refractivity contribution in [3.63, 3.8) is 0 Å². The van der Waals surface area contributed by atoms with Crippen LogP contribution >= 0.6 is 0 Å². The second-order valence-corrected chi connectivity index (χ2v) is 6.98. The number of hydrogen-bond donors (Lipinski definition) is 1. The Morgan fingerprint density at radius 1 is 1.12 bits per heavy atom. The summed E-state index contributed by atoms with van der Waals surface area (Å²) in [6.45, 7) is 10.6. The van der Waals surface area contributed by atoms with E-state index in [-0.39, 0.29) is 24.1 Å². The smallest absolute Gasteiger partial charge is 0.322 e. The molecule has 4 heteroatoms. The van der Waals surface area contributed by atoms with Gasteiger partial charge in [-0.15, -0.1) is 0 Å². The molecule has 0 fully saturated rings. The molecule has 1 rings (SSSR count). The lowest BCUT2D eigenvalue weighted by Crippen LogP contribution is -2.41. The van der Waals surface area contributed by atoms with Gasteiger partial charge in [0.05, 0.1) is 6.10 Å². The zero-order valence-corrected chi connectivity index (χ0v) is 15.7. The summed E-state index contributed by atoms with van der Waals surface area (Å²) in [6.07, 6.45) is 1.40. The van der Waals surface area contributed by atoms with Crippen molar-refractivity contribution in [2.75, 3.05) is 6.61 Å². The largest absolute Gasteiger partial charge is 0.459 e. The molecule has 24 heavy (non-hydrogen) atoms. The molecule has 0 bridgehead atoms. The van der Waals surface area contributed by atoms with Crippen LogP contribution in [0.4, 0.5) is 0 Å². The van der Waals surface area contributed by atoms with Crippen molar-refractivity contribution >= 4 is 5.97 Å². The number of esters is 1. The lowest BCUT2D eigenvalue weighted by Gasteiger charge is -2.32. The fourth-order valence-corrected chi connectivity index (χ4v) is 2.73. The first kappa shape index (κ1) is 20.7. The summed E-state index contributed by atoms with van der Waals surface area (Å²) >= 11 is 0. The molecule has 0 aromatic heterocycles. The number of benzene rings is 1. The van der Waals surface area contributed by atoms with Gasteiger partial charge in [0, 0.05) is 6.61 Å². The third-order valence-electron chi connectivity index (χ3n) is 4.09. The highest BCUT2D eigenvalue weighted by Crippen LogP contribution is 2.23. The Morgan fingerprint density at radius 3 is 2.25 bits per heavy atom. The van der Waals surface area contributed by atoms with Crippen LogP contribution in [0, 0.1) is 11.8 Å². The van der Waals surface area contributed by atoms with Gasteiger partial charge in [0.2, 0.25) is 0 Å². The third-order valence-corrected chi connectivity index (χ3v) is 4.09. The molecule has 0 aliphatic heterocycles. The van der Waals surface area contributed by atoms with Gasteiger partial charge in [-0.3, -0.25) is 4.79 Å². The molecule has 4 nitrogen and oxygen atoms in total. The lowest BCUT2D eigenvalue weighted by atomic mass is 9.89. The van der Waals surface area contributed by atoms with Crippen LogP contribution in [0.1, 0.15) is 46.6 Å². The summed E-state index contributed by atoms with van der Waals surface area (Å²) < 4.78 is 11.7. The molecule has 1 aromatic carbocycles. The Balaban J connectivity index is 2.85. The molecule has 2 N–H and O–H groups in total. The molecular weight excluding hydrogens is 302 g/mol. The summed E-state index contributed by atoms with van der Waals surface area (Å²) in [4.78, 5) is 11.9. The average Bonchev–Trinajstić information content (AvgIpc) is 2.54. The van der Waals surface area contributed by atoms with Gasteiger partial charge in [-0.25, -0.2) is 0 Å². The Bertz CT molecular complexity index is 473. The van der Waals surface area contributed by atoms with Crippen LogP contribution in [-0.4, -0.2) is 30.8 Å². The second-order valence-electron chi connectivity index (χ2n) is 6.98. The maximum Gasteiger partial charge on any atom is 0.322 e. The molecule has 0 aliphatic carbocycles. The Morgan fingerprint density at radius 2 is 1.75 bits per heavy atom. The second kappa shape index (κ2) is 10.5. The van der Waals surface area contributed by atoms with Crippen LogP contribution in [0.5, 0.6) is 0 Å². The van der Waals surface area contributed by atoms with Gasteiger partial charge in [-0.05, 0) is 37.7 Å². The van der Waals surface area contributed by atoms with Gasteiger partial charge in [-0.2, -0.15) is 0 Å². The van der Waals surface area contributed by atoms with Crippen molar-refractivity contribution in [1.82, 2.24) is 0 Å². The highest BCUT2D eigenvalue weighted by molar-refractivity contribution is 5.75. The molecule has 0 heterocycles. The zero-order chi connectivity index (χ0) is 18.1. The van der Waals surface area contributed by atoms with Crippen molar-refractivity contribution in [3.05, 3.63) is 35.9 Å². The van der Waals surface area contributed by atoms with Crippen molar-refractivity contribution in [3.8, 4) is 0 Å². The van der Waals surface area contributed by atoms with Crippen LogP contribution in [0.25, 0.3) is 0 Å².